The van der Waals surface area contributed by atoms with Crippen LogP contribution in [-0.4, -0.2) is 101 Å². The fourth-order valence-electron chi connectivity index (χ4n) is 0.270. The van der Waals surface area contributed by atoms with Crippen LogP contribution in [0.2, 0.25) is 0 Å². The topological polar surface area (TPSA) is 147 Å². The molecule has 0 aromatic rings. The van der Waals surface area contributed by atoms with Gasteiger partial charge in [0, 0.05) is 0 Å². The van der Waals surface area contributed by atoms with Crippen molar-refractivity contribution in [3.05, 3.63) is 0 Å². The van der Waals surface area contributed by atoms with Crippen LogP contribution in [0.25, 0.3) is 0 Å². The summed E-state index contributed by atoms with van der Waals surface area (Å²) in [5.74, 6) is -3.54. The summed E-state index contributed by atoms with van der Waals surface area (Å²) in [4.78, 5) is 19.5. The molecule has 0 aliphatic heterocycles. The van der Waals surface area contributed by atoms with Gasteiger partial charge in [-0.15, -0.1) is 0 Å². The van der Waals surface area contributed by atoms with E-state index in [0.29, 0.717) is 0 Å². The Morgan fingerprint density at radius 2 is 1.08 bits per heavy atom. The second kappa shape index (κ2) is 8.07. The zero-order valence-corrected chi connectivity index (χ0v) is 5.26. The Morgan fingerprint density at radius 1 is 0.917 bits per heavy atom. The van der Waals surface area contributed by atoms with Crippen molar-refractivity contribution >= 4 is 63.3 Å². The molecule has 0 bridgehead atoms. The molecule has 0 rings (SSSR count). The molecule has 0 amide bonds. The number of carbonyl (C=O) groups is 2. The predicted molar refractivity (Wildman–Crippen MR) is 38.0 cm³/mol. The summed E-state index contributed by atoms with van der Waals surface area (Å²) in [5, 5.41) is 32.5. The first-order valence-electron chi connectivity index (χ1n) is 2.28. The van der Waals surface area contributed by atoms with Crippen molar-refractivity contribution in [2.24, 2.45) is 0 Å². The van der Waals surface area contributed by atoms with Crippen LogP contribution in [0.15, 0.2) is 0 Å². The van der Waals surface area contributed by atoms with Crippen LogP contribution in [0.4, 0.5) is 0 Å². The molecule has 68 valence electrons. The summed E-state index contributed by atoms with van der Waals surface area (Å²) in [6.07, 6.45) is -4.53. The Labute approximate surface area is 110 Å². The second-order valence-electron chi connectivity index (χ2n) is 1.57. The Morgan fingerprint density at radius 3 is 1.17 bits per heavy atom. The predicted octanol–water partition coefficient (Wildman–Crippen LogP) is -3.60. The maximum atomic E-state index is 9.77. The van der Waals surface area contributed by atoms with E-state index < -0.39 is 24.1 Å². The molecule has 0 aliphatic rings. The van der Waals surface area contributed by atoms with Gasteiger partial charge in [-0.2, -0.15) is 0 Å². The second-order valence-corrected chi connectivity index (χ2v) is 1.57. The van der Waals surface area contributed by atoms with Crippen LogP contribution in [0.1, 0.15) is 0 Å². The van der Waals surface area contributed by atoms with Gasteiger partial charge in [0.05, 0.1) is 0 Å². The molecule has 7 nitrogen and oxygen atoms in total. The minimum absolute atomic E-state index is 0. The number of aliphatic carboxylic acids is 2. The standard InChI is InChI=1S/C4H6O6.K.H2O.H/c5-1(3(7)8)2(6)4(9)10;;;/h1-2,5-6H,(H,7,8)(H,9,10);;1H2;. The van der Waals surface area contributed by atoms with E-state index in [2.05, 4.69) is 0 Å². The number of aliphatic hydroxyl groups excluding tert-OH is 2. The van der Waals surface area contributed by atoms with Crippen LogP contribution in [0, 0.1) is 0 Å². The SMILES string of the molecule is O.O=C(O)C(O)C(O)C(=O)O.[KH]. The molecule has 6 N–H and O–H groups in total. The molecule has 0 radical (unpaired) electrons. The Balaban J connectivity index is -0.000000405. The zero-order valence-electron chi connectivity index (χ0n) is 5.26. The molecule has 0 aliphatic carbocycles. The number of hydrogen-bond acceptors (Lipinski definition) is 4. The molecule has 0 fully saturated rings. The Hall–Kier alpha value is 0.456. The zero-order chi connectivity index (χ0) is 8.31. The summed E-state index contributed by atoms with van der Waals surface area (Å²) in [5.41, 5.74) is 0. The summed E-state index contributed by atoms with van der Waals surface area (Å²) in [6.45, 7) is 0. The monoisotopic (exact) mass is 208 g/mol. The summed E-state index contributed by atoms with van der Waals surface area (Å²) in [7, 11) is 0. The molecule has 2 unspecified atom stereocenters. The van der Waals surface area contributed by atoms with Crippen LogP contribution < -0.4 is 0 Å². The maximum absolute atomic E-state index is 9.77. The third-order valence-corrected chi connectivity index (χ3v) is 0.805. The van der Waals surface area contributed by atoms with Crippen LogP contribution in [0.5, 0.6) is 0 Å². The van der Waals surface area contributed by atoms with Crippen LogP contribution in [-0.2, 0) is 9.59 Å². The van der Waals surface area contributed by atoms with E-state index in [1.165, 1.54) is 0 Å². The van der Waals surface area contributed by atoms with Crippen molar-refractivity contribution in [3.8, 4) is 0 Å². The van der Waals surface area contributed by atoms with Gasteiger partial charge in [0.2, 0.25) is 0 Å². The van der Waals surface area contributed by atoms with Gasteiger partial charge in [0.15, 0.2) is 12.2 Å². The quantitative estimate of drug-likeness (QED) is 0.352. The van der Waals surface area contributed by atoms with Gasteiger partial charge in [0.1, 0.15) is 0 Å². The van der Waals surface area contributed by atoms with Gasteiger partial charge in [-0.05, 0) is 0 Å². The van der Waals surface area contributed by atoms with Gasteiger partial charge in [-0.3, -0.25) is 0 Å². The molecule has 0 heterocycles. The molecule has 0 spiro atoms. The van der Waals surface area contributed by atoms with E-state index in [9.17, 15) is 9.59 Å². The van der Waals surface area contributed by atoms with E-state index in [-0.39, 0.29) is 56.9 Å². The third kappa shape index (κ3) is 6.03. The average molecular weight is 208 g/mol. The molecule has 8 heteroatoms. The van der Waals surface area contributed by atoms with E-state index in [4.69, 9.17) is 20.4 Å². The van der Waals surface area contributed by atoms with Crippen molar-refractivity contribution < 1.29 is 35.5 Å². The normalized spacial score (nSPS) is 13.2. The summed E-state index contributed by atoms with van der Waals surface area (Å²) < 4.78 is 0. The number of carboxylic acids is 2. The van der Waals surface area contributed by atoms with Gasteiger partial charge < -0.3 is 25.9 Å². The summed E-state index contributed by atoms with van der Waals surface area (Å²) >= 11 is 0. The van der Waals surface area contributed by atoms with Gasteiger partial charge in [-0.1, -0.05) is 0 Å². The molecular formula is C4H9KO7. The van der Waals surface area contributed by atoms with Gasteiger partial charge in [0.25, 0.3) is 0 Å². The molecule has 0 aromatic heterocycles. The first-order valence-corrected chi connectivity index (χ1v) is 2.28. The van der Waals surface area contributed by atoms with E-state index >= 15 is 0 Å². The van der Waals surface area contributed by atoms with E-state index in [1.54, 1.807) is 0 Å². The van der Waals surface area contributed by atoms with Crippen molar-refractivity contribution in [2.45, 2.75) is 12.2 Å². The first-order chi connectivity index (χ1) is 4.46. The number of carboxylic acid groups (broad SMARTS) is 2. The minimum atomic E-state index is -2.27. The molecule has 0 saturated heterocycles. The molecule has 0 aromatic carbocycles. The summed E-state index contributed by atoms with van der Waals surface area (Å²) in [6, 6.07) is 0. The van der Waals surface area contributed by atoms with E-state index in [0.717, 1.165) is 0 Å². The molecule has 12 heavy (non-hydrogen) atoms. The molecule has 0 saturated carbocycles. The third-order valence-electron chi connectivity index (χ3n) is 0.805. The van der Waals surface area contributed by atoms with Gasteiger partial charge in [-0.25, -0.2) is 9.59 Å². The van der Waals surface area contributed by atoms with Crippen molar-refractivity contribution in [3.63, 3.8) is 0 Å². The van der Waals surface area contributed by atoms with Crippen molar-refractivity contribution in [1.82, 2.24) is 0 Å². The molecular weight excluding hydrogens is 199 g/mol. The van der Waals surface area contributed by atoms with Crippen LogP contribution >= 0.6 is 0 Å². The van der Waals surface area contributed by atoms with Crippen molar-refractivity contribution in [2.75, 3.05) is 0 Å². The number of rotatable bonds is 3. The Bertz CT molecular complexity index is 139. The fourth-order valence-corrected chi connectivity index (χ4v) is 0.270. The number of hydrogen-bond donors (Lipinski definition) is 4. The van der Waals surface area contributed by atoms with Crippen molar-refractivity contribution in [1.29, 1.82) is 0 Å². The van der Waals surface area contributed by atoms with E-state index in [1.807, 2.05) is 0 Å². The molecule has 2 atom stereocenters. The first kappa shape index (κ1) is 18.3. The number of aliphatic hydroxyl groups is 2. The van der Waals surface area contributed by atoms with Crippen LogP contribution in [0.3, 0.4) is 0 Å². The average Bonchev–Trinajstić information content (AvgIpc) is 1.84. The van der Waals surface area contributed by atoms with Gasteiger partial charge >= 0.3 is 63.3 Å². The fraction of sp³-hybridized carbons (Fsp3) is 0.500. The Kier molecular flexibility index (Phi) is 12.3.